The van der Waals surface area contributed by atoms with Crippen LogP contribution < -0.4 is 5.56 Å². The minimum absolute atomic E-state index is 0.0251. The number of benzene rings is 1. The topological polar surface area (TPSA) is 113 Å². The number of nitrogens with one attached hydrogen (secondary N) is 1. The molecule has 2 heterocycles. The van der Waals surface area contributed by atoms with Crippen LogP contribution in [0.4, 0.5) is 5.69 Å². The van der Waals surface area contributed by atoms with E-state index >= 15 is 0 Å². The Labute approximate surface area is 158 Å². The Kier molecular flexibility index (Phi) is 5.14. The van der Waals surface area contributed by atoms with Gasteiger partial charge in [-0.25, -0.2) is 0 Å². The number of furan rings is 1. The molecule has 3 aromatic rings. The van der Waals surface area contributed by atoms with Crippen LogP contribution in [0.1, 0.15) is 18.2 Å². The lowest BCUT2D eigenvalue weighted by molar-refractivity contribution is -0.384. The summed E-state index contributed by atoms with van der Waals surface area (Å²) in [7, 11) is 0. The summed E-state index contributed by atoms with van der Waals surface area (Å²) in [5.74, 6) is 1.44. The maximum atomic E-state index is 12.5. The number of nitro groups is 1. The van der Waals surface area contributed by atoms with E-state index in [-0.39, 0.29) is 11.3 Å². The minimum atomic E-state index is -0.553. The number of aromatic amines is 1. The molecule has 0 amide bonds. The summed E-state index contributed by atoms with van der Waals surface area (Å²) < 4.78 is 5.70. The van der Waals surface area contributed by atoms with Gasteiger partial charge in [-0.2, -0.15) is 5.26 Å². The van der Waals surface area contributed by atoms with Crippen molar-refractivity contribution in [2.45, 2.75) is 18.9 Å². The highest BCUT2D eigenvalue weighted by Gasteiger charge is 2.19. The fourth-order valence-electron chi connectivity index (χ4n) is 2.74. The number of non-ortho nitro benzene ring substituents is 1. The molecule has 0 spiro atoms. The average molecular weight is 381 g/mol. The van der Waals surface area contributed by atoms with Crippen molar-refractivity contribution < 1.29 is 9.34 Å². The number of H-pyrrole nitrogens is 1. The highest BCUT2D eigenvalue weighted by molar-refractivity contribution is 7.99. The molecule has 0 aliphatic carbocycles. The molecule has 0 fully saturated rings. The molecule has 0 saturated carbocycles. The van der Waals surface area contributed by atoms with Gasteiger partial charge in [0.15, 0.2) is 5.09 Å². The van der Waals surface area contributed by atoms with Gasteiger partial charge in [0.25, 0.3) is 11.2 Å². The van der Waals surface area contributed by atoms with E-state index in [0.29, 0.717) is 33.2 Å². The summed E-state index contributed by atoms with van der Waals surface area (Å²) in [6.45, 7) is 3.77. The molecule has 0 unspecified atom stereocenters. The molecule has 0 bridgehead atoms. The molecule has 0 saturated heterocycles. The van der Waals surface area contributed by atoms with E-state index in [2.05, 4.69) is 4.98 Å². The molecule has 0 atom stereocenters. The van der Waals surface area contributed by atoms with Crippen LogP contribution in [0.2, 0.25) is 0 Å². The van der Waals surface area contributed by atoms with Gasteiger partial charge in [-0.15, -0.1) is 0 Å². The molecule has 1 N–H and O–H groups in total. The molecule has 2 aromatic heterocycles. The fourth-order valence-corrected chi connectivity index (χ4v) is 3.52. The fraction of sp³-hybridized carbons (Fsp3) is 0.158. The summed E-state index contributed by atoms with van der Waals surface area (Å²) >= 11 is 1.47. The second-order valence-electron chi connectivity index (χ2n) is 5.71. The van der Waals surface area contributed by atoms with Crippen LogP contribution in [-0.4, -0.2) is 15.7 Å². The van der Waals surface area contributed by atoms with E-state index in [1.54, 1.807) is 31.2 Å². The van der Waals surface area contributed by atoms with Crippen molar-refractivity contribution in [1.29, 1.82) is 5.26 Å². The molecule has 3 rings (SSSR count). The zero-order valence-corrected chi connectivity index (χ0v) is 15.4. The number of nitrogens with zero attached hydrogens (tertiary/aromatic N) is 2. The van der Waals surface area contributed by atoms with Crippen molar-refractivity contribution in [3.05, 3.63) is 68.2 Å². The summed E-state index contributed by atoms with van der Waals surface area (Å²) in [5, 5.41) is 21.1. The standard InChI is InChI=1S/C19H15N3O4S/c1-3-27-19-15(7-11(2)26-19)14-9-17(21-18(23)16(14)10-20)12-5-4-6-13(8-12)22(24)25/h4-9H,3H2,1-2H3,(H,21,23). The average Bonchev–Trinajstić information content (AvgIpc) is 3.01. The molecule has 8 heteroatoms. The summed E-state index contributed by atoms with van der Waals surface area (Å²) in [6.07, 6.45) is 0. The predicted molar refractivity (Wildman–Crippen MR) is 103 cm³/mol. The third kappa shape index (κ3) is 3.64. The summed E-state index contributed by atoms with van der Waals surface area (Å²) in [4.78, 5) is 25.7. The van der Waals surface area contributed by atoms with Gasteiger partial charge in [0.1, 0.15) is 17.4 Å². The number of rotatable bonds is 5. The van der Waals surface area contributed by atoms with Crippen LogP contribution in [0.15, 0.2) is 50.7 Å². The second-order valence-corrected chi connectivity index (χ2v) is 6.95. The number of thioether (sulfide) groups is 1. The molecular formula is C19H15N3O4S. The summed E-state index contributed by atoms with van der Waals surface area (Å²) in [6, 6.07) is 11.3. The molecule has 136 valence electrons. The molecule has 27 heavy (non-hydrogen) atoms. The Hall–Kier alpha value is -3.31. The highest BCUT2D eigenvalue weighted by Crippen LogP contribution is 2.36. The van der Waals surface area contributed by atoms with Crippen molar-refractivity contribution in [3.63, 3.8) is 0 Å². The van der Waals surface area contributed by atoms with Crippen LogP contribution in [0.25, 0.3) is 22.4 Å². The Morgan fingerprint density at radius 2 is 2.07 bits per heavy atom. The minimum Gasteiger partial charge on any atom is -0.455 e. The molecule has 0 aliphatic heterocycles. The molecule has 0 aliphatic rings. The maximum Gasteiger partial charge on any atom is 0.270 e. The van der Waals surface area contributed by atoms with Crippen molar-refractivity contribution in [3.8, 4) is 28.5 Å². The maximum absolute atomic E-state index is 12.5. The van der Waals surface area contributed by atoms with Crippen LogP contribution in [0.5, 0.6) is 0 Å². The van der Waals surface area contributed by atoms with Crippen LogP contribution >= 0.6 is 11.8 Å². The van der Waals surface area contributed by atoms with E-state index in [1.165, 1.54) is 23.9 Å². The van der Waals surface area contributed by atoms with Crippen LogP contribution in [-0.2, 0) is 0 Å². The first-order chi connectivity index (χ1) is 12.9. The molecule has 1 aromatic carbocycles. The van der Waals surface area contributed by atoms with Crippen LogP contribution in [0.3, 0.4) is 0 Å². The van der Waals surface area contributed by atoms with Gasteiger partial charge in [-0.3, -0.25) is 14.9 Å². The molecule has 7 nitrogen and oxygen atoms in total. The lowest BCUT2D eigenvalue weighted by Crippen LogP contribution is -2.12. The second kappa shape index (κ2) is 7.51. The smallest absolute Gasteiger partial charge is 0.270 e. The first-order valence-electron chi connectivity index (χ1n) is 8.10. The number of aromatic nitrogens is 1. The number of aryl methyl sites for hydroxylation is 1. The Morgan fingerprint density at radius 1 is 1.30 bits per heavy atom. The van der Waals surface area contributed by atoms with Gasteiger partial charge < -0.3 is 9.40 Å². The highest BCUT2D eigenvalue weighted by atomic mass is 32.2. The third-order valence-corrected chi connectivity index (χ3v) is 4.75. The largest absolute Gasteiger partial charge is 0.455 e. The number of nitriles is 1. The third-order valence-electron chi connectivity index (χ3n) is 3.90. The zero-order chi connectivity index (χ0) is 19.6. The normalized spacial score (nSPS) is 10.6. The zero-order valence-electron chi connectivity index (χ0n) is 14.6. The van der Waals surface area contributed by atoms with Gasteiger partial charge in [0, 0.05) is 34.5 Å². The van der Waals surface area contributed by atoms with Crippen molar-refractivity contribution in [2.24, 2.45) is 0 Å². The molecule has 0 radical (unpaired) electrons. The van der Waals surface area contributed by atoms with E-state index in [0.717, 1.165) is 5.75 Å². The van der Waals surface area contributed by atoms with Gasteiger partial charge >= 0.3 is 0 Å². The molecular weight excluding hydrogens is 366 g/mol. The van der Waals surface area contributed by atoms with Gasteiger partial charge in [0.2, 0.25) is 0 Å². The van der Waals surface area contributed by atoms with Gasteiger partial charge in [0.05, 0.1) is 4.92 Å². The van der Waals surface area contributed by atoms with Gasteiger partial charge in [-0.1, -0.05) is 30.8 Å². The number of pyridine rings is 1. The lowest BCUT2D eigenvalue weighted by atomic mass is 10.0. The number of hydrogen-bond acceptors (Lipinski definition) is 6. The first-order valence-corrected chi connectivity index (χ1v) is 9.09. The van der Waals surface area contributed by atoms with Gasteiger partial charge in [-0.05, 0) is 24.8 Å². The van der Waals surface area contributed by atoms with E-state index < -0.39 is 10.5 Å². The number of nitro benzene ring substituents is 1. The SMILES string of the molecule is CCSc1oc(C)cc1-c1cc(-c2cccc([N+](=O)[O-])c2)[nH]c(=O)c1C#N. The lowest BCUT2D eigenvalue weighted by Gasteiger charge is -2.08. The Bertz CT molecular complexity index is 1120. The first kappa shape index (κ1) is 18.5. The van der Waals surface area contributed by atoms with Crippen LogP contribution in [0, 0.1) is 28.4 Å². The monoisotopic (exact) mass is 381 g/mol. The Morgan fingerprint density at radius 3 is 2.74 bits per heavy atom. The number of hydrogen-bond donors (Lipinski definition) is 1. The predicted octanol–water partition coefficient (Wildman–Crippen LogP) is 4.50. The van der Waals surface area contributed by atoms with Crippen molar-refractivity contribution in [2.75, 3.05) is 5.75 Å². The van der Waals surface area contributed by atoms with E-state index in [9.17, 15) is 20.2 Å². The van der Waals surface area contributed by atoms with E-state index in [1.807, 2.05) is 13.0 Å². The Balaban J connectivity index is 2.24. The van der Waals surface area contributed by atoms with Crippen molar-refractivity contribution >= 4 is 17.4 Å². The quantitative estimate of drug-likeness (QED) is 0.395. The van der Waals surface area contributed by atoms with Crippen molar-refractivity contribution in [1.82, 2.24) is 4.98 Å². The summed E-state index contributed by atoms with van der Waals surface area (Å²) in [5.41, 5.74) is 1.32. The van der Waals surface area contributed by atoms with E-state index in [4.69, 9.17) is 4.42 Å².